The van der Waals surface area contributed by atoms with Crippen LogP contribution in [0.4, 0.5) is 17.6 Å². The number of hydrogen-bond acceptors (Lipinski definition) is 4. The molecule has 0 N–H and O–H groups in total. The maximum atomic E-state index is 13.3. The van der Waals surface area contributed by atoms with Crippen molar-refractivity contribution in [3.8, 4) is 11.4 Å². The van der Waals surface area contributed by atoms with Crippen LogP contribution in [-0.2, 0) is 17.5 Å². The van der Waals surface area contributed by atoms with Gasteiger partial charge < -0.3 is 9.42 Å². The van der Waals surface area contributed by atoms with Gasteiger partial charge in [0, 0.05) is 25.1 Å². The van der Waals surface area contributed by atoms with Crippen LogP contribution in [0.2, 0.25) is 5.02 Å². The first-order valence-corrected chi connectivity index (χ1v) is 9.31. The number of aromatic nitrogens is 2. The summed E-state index contributed by atoms with van der Waals surface area (Å²) in [7, 11) is 0. The van der Waals surface area contributed by atoms with E-state index in [1.165, 1.54) is 29.2 Å². The fourth-order valence-corrected chi connectivity index (χ4v) is 3.49. The molecule has 10 heteroatoms. The number of hydrogen-bond donors (Lipinski definition) is 0. The van der Waals surface area contributed by atoms with Gasteiger partial charge in [0.1, 0.15) is 5.82 Å². The van der Waals surface area contributed by atoms with E-state index < -0.39 is 17.6 Å². The summed E-state index contributed by atoms with van der Waals surface area (Å²) in [6, 6.07) is 8.88. The van der Waals surface area contributed by atoms with Crippen molar-refractivity contribution in [3.63, 3.8) is 0 Å². The summed E-state index contributed by atoms with van der Waals surface area (Å²) in [6.07, 6.45) is -4.35. The Kier molecular flexibility index (Phi) is 5.23. The lowest BCUT2D eigenvalue weighted by Crippen LogP contribution is -2.24. The van der Waals surface area contributed by atoms with Crippen LogP contribution >= 0.6 is 11.6 Å². The molecule has 1 saturated heterocycles. The average molecular weight is 440 g/mol. The number of alkyl halides is 3. The Bertz CT molecular complexity index is 1100. The molecule has 0 radical (unpaired) electrons. The SMILES string of the molecule is O=C1CC(c2nc(-c3ccc(F)c(Cl)c3)no2)CN1Cc1cccc(C(F)(F)F)c1. The van der Waals surface area contributed by atoms with E-state index in [9.17, 15) is 22.4 Å². The fraction of sp³-hybridized carbons (Fsp3) is 0.250. The Morgan fingerprint density at radius 1 is 1.20 bits per heavy atom. The average Bonchev–Trinajstić information content (AvgIpc) is 3.31. The monoisotopic (exact) mass is 439 g/mol. The molecular weight excluding hydrogens is 426 g/mol. The van der Waals surface area contributed by atoms with Crippen molar-refractivity contribution in [1.29, 1.82) is 0 Å². The van der Waals surface area contributed by atoms with E-state index >= 15 is 0 Å². The van der Waals surface area contributed by atoms with Crippen LogP contribution in [0.1, 0.15) is 29.4 Å². The largest absolute Gasteiger partial charge is 0.416 e. The summed E-state index contributed by atoms with van der Waals surface area (Å²) in [5.41, 5.74) is 0.0789. The van der Waals surface area contributed by atoms with E-state index in [1.54, 1.807) is 6.07 Å². The molecule has 1 unspecified atom stereocenters. The first-order valence-electron chi connectivity index (χ1n) is 8.93. The Morgan fingerprint density at radius 2 is 2.00 bits per heavy atom. The first kappa shape index (κ1) is 20.3. The van der Waals surface area contributed by atoms with E-state index in [4.69, 9.17) is 16.1 Å². The molecular formula is C20H14ClF4N3O2. The highest BCUT2D eigenvalue weighted by Crippen LogP contribution is 2.32. The Labute approximate surface area is 173 Å². The van der Waals surface area contributed by atoms with Crippen LogP contribution in [0.15, 0.2) is 47.0 Å². The van der Waals surface area contributed by atoms with Gasteiger partial charge in [0.25, 0.3) is 0 Å². The third-order valence-corrected chi connectivity index (χ3v) is 5.10. The molecule has 1 amide bonds. The zero-order valence-electron chi connectivity index (χ0n) is 15.3. The predicted molar refractivity (Wildman–Crippen MR) is 98.9 cm³/mol. The fourth-order valence-electron chi connectivity index (χ4n) is 3.31. The second-order valence-corrected chi connectivity index (χ2v) is 7.37. The number of halogens is 5. The molecule has 0 saturated carbocycles. The smallest absolute Gasteiger partial charge is 0.339 e. The van der Waals surface area contributed by atoms with Crippen LogP contribution in [0, 0.1) is 5.82 Å². The number of nitrogens with zero attached hydrogens (tertiary/aromatic N) is 3. The highest BCUT2D eigenvalue weighted by molar-refractivity contribution is 6.31. The van der Waals surface area contributed by atoms with Crippen molar-refractivity contribution >= 4 is 17.5 Å². The minimum Gasteiger partial charge on any atom is -0.339 e. The van der Waals surface area contributed by atoms with Gasteiger partial charge in [0.15, 0.2) is 0 Å². The van der Waals surface area contributed by atoms with E-state index in [2.05, 4.69) is 10.1 Å². The molecule has 1 atom stereocenters. The molecule has 2 aromatic carbocycles. The molecule has 0 bridgehead atoms. The van der Waals surface area contributed by atoms with Gasteiger partial charge in [-0.05, 0) is 35.9 Å². The third-order valence-electron chi connectivity index (χ3n) is 4.81. The van der Waals surface area contributed by atoms with Crippen LogP contribution in [0.25, 0.3) is 11.4 Å². The molecule has 4 rings (SSSR count). The number of amides is 1. The molecule has 2 heterocycles. The lowest BCUT2D eigenvalue weighted by Gasteiger charge is -2.17. The zero-order chi connectivity index (χ0) is 21.5. The van der Waals surface area contributed by atoms with E-state index in [0.717, 1.165) is 12.1 Å². The molecule has 0 spiro atoms. The number of carbonyl (C=O) groups is 1. The molecule has 1 fully saturated rings. The summed E-state index contributed by atoms with van der Waals surface area (Å²) < 4.78 is 57.3. The van der Waals surface area contributed by atoms with Gasteiger partial charge in [-0.1, -0.05) is 28.9 Å². The number of rotatable bonds is 4. The molecule has 0 aliphatic carbocycles. The van der Waals surface area contributed by atoms with Gasteiger partial charge in [0.2, 0.25) is 17.6 Å². The minimum absolute atomic E-state index is 0.0494. The zero-order valence-corrected chi connectivity index (χ0v) is 16.0. The predicted octanol–water partition coefficient (Wildman–Crippen LogP) is 5.06. The normalized spacial score (nSPS) is 17.0. The second kappa shape index (κ2) is 7.71. The van der Waals surface area contributed by atoms with Crippen LogP contribution < -0.4 is 0 Å². The molecule has 5 nitrogen and oxygen atoms in total. The van der Waals surface area contributed by atoms with Gasteiger partial charge in [-0.15, -0.1) is 0 Å². The lowest BCUT2D eigenvalue weighted by molar-refractivity contribution is -0.137. The van der Waals surface area contributed by atoms with Crippen molar-refractivity contribution in [2.24, 2.45) is 0 Å². The van der Waals surface area contributed by atoms with Gasteiger partial charge >= 0.3 is 6.18 Å². The summed E-state index contributed by atoms with van der Waals surface area (Å²) in [6.45, 7) is 0.286. The van der Waals surface area contributed by atoms with Crippen molar-refractivity contribution in [2.75, 3.05) is 6.54 Å². The number of likely N-dealkylation sites (tertiary alicyclic amines) is 1. The molecule has 156 valence electrons. The summed E-state index contributed by atoms with van der Waals surface area (Å²) in [5.74, 6) is -0.751. The lowest BCUT2D eigenvalue weighted by atomic mass is 10.1. The number of carbonyl (C=O) groups excluding carboxylic acids is 1. The quantitative estimate of drug-likeness (QED) is 0.533. The van der Waals surface area contributed by atoms with Crippen LogP contribution in [0.3, 0.4) is 0 Å². The van der Waals surface area contributed by atoms with Gasteiger partial charge in [-0.25, -0.2) is 4.39 Å². The van der Waals surface area contributed by atoms with Crippen LogP contribution in [-0.4, -0.2) is 27.5 Å². The maximum absolute atomic E-state index is 13.3. The topological polar surface area (TPSA) is 59.2 Å². The molecule has 1 aromatic heterocycles. The van der Waals surface area contributed by atoms with Crippen molar-refractivity contribution < 1.29 is 26.9 Å². The summed E-state index contributed by atoms with van der Waals surface area (Å²) in [4.78, 5) is 18.1. The molecule has 30 heavy (non-hydrogen) atoms. The van der Waals surface area contributed by atoms with E-state index in [0.29, 0.717) is 11.1 Å². The standard InChI is InChI=1S/C20H14ClF4N3O2/c21-15-7-12(4-5-16(15)22)18-26-19(30-27-18)13-8-17(29)28(10-13)9-11-2-1-3-14(6-11)20(23,24)25/h1-7,13H,8-10H2. The summed E-state index contributed by atoms with van der Waals surface area (Å²) >= 11 is 5.77. The Balaban J connectivity index is 1.48. The molecule has 1 aliphatic heterocycles. The van der Waals surface area contributed by atoms with E-state index in [-0.39, 0.29) is 48.1 Å². The van der Waals surface area contributed by atoms with Gasteiger partial charge in [-0.3, -0.25) is 4.79 Å². The van der Waals surface area contributed by atoms with Crippen molar-refractivity contribution in [3.05, 3.63) is 70.3 Å². The highest BCUT2D eigenvalue weighted by atomic mass is 35.5. The van der Waals surface area contributed by atoms with Crippen LogP contribution in [0.5, 0.6) is 0 Å². The Morgan fingerprint density at radius 3 is 2.73 bits per heavy atom. The van der Waals surface area contributed by atoms with Crippen molar-refractivity contribution in [1.82, 2.24) is 15.0 Å². The first-order chi connectivity index (χ1) is 14.2. The molecule has 3 aromatic rings. The van der Waals surface area contributed by atoms with Gasteiger partial charge in [0.05, 0.1) is 16.5 Å². The molecule has 1 aliphatic rings. The maximum Gasteiger partial charge on any atom is 0.416 e. The third kappa shape index (κ3) is 4.16. The summed E-state index contributed by atoms with van der Waals surface area (Å²) in [5, 5.41) is 3.77. The van der Waals surface area contributed by atoms with Gasteiger partial charge in [-0.2, -0.15) is 18.2 Å². The second-order valence-electron chi connectivity index (χ2n) is 6.96. The highest BCUT2D eigenvalue weighted by Gasteiger charge is 2.35. The number of benzene rings is 2. The Hall–Kier alpha value is -2.94. The van der Waals surface area contributed by atoms with Crippen molar-refractivity contribution in [2.45, 2.75) is 25.1 Å². The minimum atomic E-state index is -4.45. The van der Waals surface area contributed by atoms with E-state index in [1.807, 2.05) is 0 Å².